The van der Waals surface area contributed by atoms with Gasteiger partial charge in [-0.1, -0.05) is 12.1 Å². The second-order valence-corrected chi connectivity index (χ2v) is 10.9. The zero-order valence-corrected chi connectivity index (χ0v) is 29.3. The van der Waals surface area contributed by atoms with Gasteiger partial charge in [0.1, 0.15) is 10.8 Å². The zero-order valence-electron chi connectivity index (χ0n) is 25.8. The molecular weight excluding hydrogens is 773 g/mol. The molecule has 2 aromatic carbocycles. The van der Waals surface area contributed by atoms with Crippen LogP contribution in [-0.4, -0.2) is 47.1 Å². The van der Waals surface area contributed by atoms with E-state index in [-0.39, 0.29) is 20.4 Å². The second-order valence-electron chi connectivity index (χ2n) is 9.85. The third kappa shape index (κ3) is 13.2. The summed E-state index contributed by atoms with van der Waals surface area (Å²) >= 11 is 1.71. The van der Waals surface area contributed by atoms with Crippen molar-refractivity contribution >= 4 is 27.2 Å². The number of thiazole rings is 1. The van der Waals surface area contributed by atoms with Crippen LogP contribution in [0, 0.1) is 20.0 Å². The summed E-state index contributed by atoms with van der Waals surface area (Å²) in [6.07, 6.45) is 6.95. The Kier molecular flexibility index (Phi) is 20.4. The molecule has 1 radical (unpaired) electrons. The Hall–Kier alpha value is -3.93. The molecule has 0 spiro atoms. The fraction of sp³-hybridized carbons (Fsp3) is 0.257. The van der Waals surface area contributed by atoms with Crippen molar-refractivity contribution in [2.24, 2.45) is 0 Å². The Bertz CT molecular complexity index is 1540. The molecule has 0 bridgehead atoms. The van der Waals surface area contributed by atoms with E-state index < -0.39 is 0 Å². The number of nitrogens with zero attached hydrogens (tertiary/aromatic N) is 5. The number of ether oxygens (including phenoxy) is 1. The molecule has 237 valence electrons. The first-order valence-electron chi connectivity index (χ1n) is 14.1. The number of aromatic nitrogens is 3. The van der Waals surface area contributed by atoms with Gasteiger partial charge in [-0.25, -0.2) is 4.98 Å². The predicted molar refractivity (Wildman–Crippen MR) is 173 cm³/mol. The minimum absolute atomic E-state index is 0. The average molecular weight is 808 g/mol. The van der Waals surface area contributed by atoms with Crippen molar-refractivity contribution < 1.29 is 39.1 Å². The molecule has 0 unspecified atom stereocenters. The summed E-state index contributed by atoms with van der Waals surface area (Å²) in [5.41, 5.74) is 5.52. The van der Waals surface area contributed by atoms with Crippen molar-refractivity contribution in [2.75, 3.05) is 32.1 Å². The van der Waals surface area contributed by atoms with Crippen molar-refractivity contribution in [3.63, 3.8) is 0 Å². The molecule has 0 amide bonds. The molecule has 0 N–H and O–H groups in total. The third-order valence-corrected chi connectivity index (χ3v) is 7.67. The predicted octanol–water partition coefficient (Wildman–Crippen LogP) is 6.96. The molecule has 0 aliphatic carbocycles. The van der Waals surface area contributed by atoms with E-state index in [4.69, 9.17) is 23.7 Å². The van der Waals surface area contributed by atoms with E-state index in [1.54, 1.807) is 11.3 Å². The van der Waals surface area contributed by atoms with E-state index in [2.05, 4.69) is 102 Å². The Balaban J connectivity index is 0.00000143. The van der Waals surface area contributed by atoms with Crippen LogP contribution in [0.15, 0.2) is 91.3 Å². The van der Waals surface area contributed by atoms with Crippen LogP contribution in [0.4, 0.5) is 5.69 Å². The van der Waals surface area contributed by atoms with Crippen molar-refractivity contribution in [1.82, 2.24) is 19.9 Å². The SMILES string of the molecule is CN(C)c1ccc(-c2nc3ccc(OCCCCCN(Cc4ccccn4)Cc4ccccn4)cc3s2)cc1.[C-]#[O+].[C-]#[O+].[C-]#[O+].[Re]. The fourth-order valence-electron chi connectivity index (χ4n) is 4.48. The van der Waals surface area contributed by atoms with E-state index in [1.807, 2.05) is 42.7 Å². The van der Waals surface area contributed by atoms with Crippen LogP contribution in [0.1, 0.15) is 30.7 Å². The largest absolute Gasteiger partial charge is 0 e. The van der Waals surface area contributed by atoms with Gasteiger partial charge in [-0.2, -0.15) is 0 Å². The molecule has 3 aromatic heterocycles. The summed E-state index contributed by atoms with van der Waals surface area (Å²) in [6, 6.07) is 26.9. The number of benzene rings is 2. The van der Waals surface area contributed by atoms with Gasteiger partial charge in [-0.15, -0.1) is 11.3 Å². The summed E-state index contributed by atoms with van der Waals surface area (Å²) in [6.45, 7) is 16.9. The Labute approximate surface area is 288 Å². The van der Waals surface area contributed by atoms with Gasteiger partial charge in [0.2, 0.25) is 0 Å². The van der Waals surface area contributed by atoms with Gasteiger partial charge in [0, 0.05) is 71.3 Å². The minimum Gasteiger partial charge on any atom is 0 e. The number of fused-ring (bicyclic) bond motifs is 1. The van der Waals surface area contributed by atoms with Crippen molar-refractivity contribution in [2.45, 2.75) is 32.4 Å². The third-order valence-electron chi connectivity index (χ3n) is 6.60. The molecule has 0 fully saturated rings. The van der Waals surface area contributed by atoms with Crippen molar-refractivity contribution in [3.8, 4) is 16.3 Å². The number of pyridine rings is 2. The molecule has 0 aliphatic heterocycles. The van der Waals surface area contributed by atoms with E-state index in [9.17, 15) is 0 Å². The van der Waals surface area contributed by atoms with Crippen LogP contribution in [0.5, 0.6) is 5.75 Å². The molecule has 3 heterocycles. The first-order chi connectivity index (χ1) is 22.1. The molecule has 11 heteroatoms. The summed E-state index contributed by atoms with van der Waals surface area (Å²) in [7, 11) is 4.10. The molecule has 5 rings (SSSR count). The summed E-state index contributed by atoms with van der Waals surface area (Å²) in [5, 5.41) is 1.04. The Morgan fingerprint density at radius 1 is 0.739 bits per heavy atom. The molecule has 0 saturated heterocycles. The molecule has 5 aromatic rings. The van der Waals surface area contributed by atoms with E-state index in [1.165, 1.54) is 5.69 Å². The Morgan fingerprint density at radius 3 is 1.89 bits per heavy atom. The van der Waals surface area contributed by atoms with Gasteiger partial charge in [0.15, 0.2) is 0 Å². The zero-order chi connectivity index (χ0) is 32.9. The van der Waals surface area contributed by atoms with Crippen LogP contribution in [-0.2, 0) is 47.5 Å². The van der Waals surface area contributed by atoms with Gasteiger partial charge < -0.3 is 9.64 Å². The topological polar surface area (TPSA) is 114 Å². The molecule has 9 nitrogen and oxygen atoms in total. The molecule has 0 atom stereocenters. The number of hydrogen-bond donors (Lipinski definition) is 0. The first kappa shape index (κ1) is 40.1. The van der Waals surface area contributed by atoms with Crippen molar-refractivity contribution in [3.05, 3.63) is 123 Å². The quantitative estimate of drug-likeness (QED) is 0.0723. The van der Waals surface area contributed by atoms with Gasteiger partial charge in [0.05, 0.1) is 28.2 Å². The number of anilines is 1. The number of rotatable bonds is 13. The maximum Gasteiger partial charge on any atom is 0 e. The summed E-state index contributed by atoms with van der Waals surface area (Å²) in [5.74, 6) is 0.910. The van der Waals surface area contributed by atoms with E-state index in [0.29, 0.717) is 6.61 Å². The van der Waals surface area contributed by atoms with Crippen LogP contribution in [0.2, 0.25) is 0 Å². The van der Waals surface area contributed by atoms with Crippen molar-refractivity contribution in [1.29, 1.82) is 0 Å². The maximum atomic E-state index is 7.50. The standard InChI is InChI=1S/C32H35N5OS.3CO.Re/c1-36(2)28-14-12-25(13-15-28)32-35-30-17-16-29(22-31(30)39-32)38-21-9-3-8-20-37(23-26-10-4-6-18-33-26)24-27-11-5-7-19-34-27;3*1-2;/h4-7,10-19,22H,3,8-9,20-21,23-24H2,1-2H3;;;;. The molecular formula is C35H35N5O4ReS. The van der Waals surface area contributed by atoms with E-state index in [0.717, 1.165) is 76.8 Å². The van der Waals surface area contributed by atoms with E-state index >= 15 is 0 Å². The molecule has 0 aliphatic rings. The van der Waals surface area contributed by atoms with Crippen LogP contribution >= 0.6 is 11.3 Å². The van der Waals surface area contributed by atoms with Crippen LogP contribution in [0.3, 0.4) is 0 Å². The number of unbranched alkanes of at least 4 members (excludes halogenated alkanes) is 2. The van der Waals surface area contributed by atoms with Gasteiger partial charge in [-0.3, -0.25) is 14.9 Å². The maximum absolute atomic E-state index is 7.50. The van der Waals surface area contributed by atoms with Gasteiger partial charge >= 0.3 is 33.9 Å². The fourth-order valence-corrected chi connectivity index (χ4v) is 5.48. The normalized spacial score (nSPS) is 9.67. The Morgan fingerprint density at radius 2 is 1.35 bits per heavy atom. The first-order valence-corrected chi connectivity index (χ1v) is 14.9. The molecule has 0 saturated carbocycles. The summed E-state index contributed by atoms with van der Waals surface area (Å²) < 4.78 is 29.8. The smallest absolute Gasteiger partial charge is 0 e. The number of hydrogen-bond acceptors (Lipinski definition) is 7. The van der Waals surface area contributed by atoms with Crippen LogP contribution < -0.4 is 9.64 Å². The minimum atomic E-state index is 0. The average Bonchev–Trinajstić information content (AvgIpc) is 3.53. The van der Waals surface area contributed by atoms with Crippen LogP contribution in [0.25, 0.3) is 20.8 Å². The second kappa shape index (κ2) is 23.4. The molecule has 46 heavy (non-hydrogen) atoms. The summed E-state index contributed by atoms with van der Waals surface area (Å²) in [4.78, 5) is 18.4. The van der Waals surface area contributed by atoms with Gasteiger partial charge in [-0.05, 0) is 92.5 Å². The van der Waals surface area contributed by atoms with Gasteiger partial charge in [0.25, 0.3) is 0 Å². The monoisotopic (exact) mass is 808 g/mol.